The minimum Gasteiger partial charge on any atom is -0.480 e. The van der Waals surface area contributed by atoms with Crippen molar-refractivity contribution in [3.8, 4) is 0 Å². The number of carboxylic acid groups (broad SMARTS) is 1. The van der Waals surface area contributed by atoms with Gasteiger partial charge in [-0.2, -0.15) is 0 Å². The lowest BCUT2D eigenvalue weighted by atomic mass is 9.86. The molecular weight excluding hydrogens is 479 g/mol. The van der Waals surface area contributed by atoms with Crippen molar-refractivity contribution in [2.45, 2.75) is 69.9 Å². The second-order valence-electron chi connectivity index (χ2n) is 12.2. The van der Waals surface area contributed by atoms with Gasteiger partial charge in [0.05, 0.1) is 6.10 Å². The topological polar surface area (TPSA) is 64.0 Å². The number of hydrogen-bond acceptors (Lipinski definition) is 4. The maximum absolute atomic E-state index is 13.2. The molecule has 1 aliphatic carbocycles. The van der Waals surface area contributed by atoms with Gasteiger partial charge >= 0.3 is 5.97 Å². The summed E-state index contributed by atoms with van der Waals surface area (Å²) in [7, 11) is 0. The number of aliphatic hydroxyl groups is 1. The first kappa shape index (κ1) is 27.3. The van der Waals surface area contributed by atoms with Crippen molar-refractivity contribution in [3.63, 3.8) is 0 Å². The molecule has 5 nitrogen and oxygen atoms in total. The average Bonchev–Trinajstić information content (AvgIpc) is 3.64. The van der Waals surface area contributed by atoms with E-state index in [-0.39, 0.29) is 11.9 Å². The molecule has 0 spiro atoms. The molecule has 206 valence electrons. The van der Waals surface area contributed by atoms with Crippen LogP contribution >= 0.6 is 0 Å². The highest BCUT2D eigenvalue weighted by Crippen LogP contribution is 2.40. The van der Waals surface area contributed by atoms with Crippen molar-refractivity contribution in [3.05, 3.63) is 71.0 Å². The van der Waals surface area contributed by atoms with E-state index in [0.29, 0.717) is 30.1 Å². The van der Waals surface area contributed by atoms with E-state index >= 15 is 0 Å². The van der Waals surface area contributed by atoms with E-state index in [1.165, 1.54) is 36.1 Å². The molecule has 1 saturated carbocycles. The minimum absolute atomic E-state index is 0.273. The number of piperidine rings is 1. The number of carbonyl (C=O) groups is 1. The summed E-state index contributed by atoms with van der Waals surface area (Å²) in [6.07, 6.45) is 6.56. The Morgan fingerprint density at radius 3 is 2.42 bits per heavy atom. The maximum Gasteiger partial charge on any atom is 0.320 e. The summed E-state index contributed by atoms with van der Waals surface area (Å²) in [5, 5.41) is 20.6. The molecule has 38 heavy (non-hydrogen) atoms. The first-order valence-corrected chi connectivity index (χ1v) is 14.5. The molecular formula is C32H43FN2O3. The summed E-state index contributed by atoms with van der Waals surface area (Å²) in [5.41, 5.74) is 3.40. The van der Waals surface area contributed by atoms with Crippen LogP contribution in [0.2, 0.25) is 0 Å². The van der Waals surface area contributed by atoms with Crippen LogP contribution in [-0.4, -0.2) is 64.7 Å². The lowest BCUT2D eigenvalue weighted by Crippen LogP contribution is -2.41. The number of hydrogen-bond donors (Lipinski definition) is 2. The third kappa shape index (κ3) is 7.02. The summed E-state index contributed by atoms with van der Waals surface area (Å²) < 4.78 is 13.2. The Bertz CT molecular complexity index is 1060. The number of aryl methyl sites for hydroxylation is 1. The van der Waals surface area contributed by atoms with E-state index in [4.69, 9.17) is 0 Å². The van der Waals surface area contributed by atoms with Crippen LogP contribution in [0, 0.1) is 30.5 Å². The number of nitrogens with zero attached hydrogens (tertiary/aromatic N) is 2. The van der Waals surface area contributed by atoms with E-state index in [9.17, 15) is 19.4 Å². The third-order valence-electron chi connectivity index (χ3n) is 9.22. The molecule has 2 heterocycles. The van der Waals surface area contributed by atoms with Gasteiger partial charge in [-0.3, -0.25) is 9.69 Å². The molecule has 6 heteroatoms. The van der Waals surface area contributed by atoms with E-state index in [1.54, 1.807) is 12.1 Å². The van der Waals surface area contributed by atoms with Crippen molar-refractivity contribution in [2.75, 3.05) is 32.7 Å². The van der Waals surface area contributed by atoms with E-state index in [1.807, 2.05) is 0 Å². The SMILES string of the molecule is Cc1cccc(C2CN(C(CC3CC3)C(=O)O)CC2CN2CCC(CCC(O)c3ccc(F)cc3)CC2)c1. The van der Waals surface area contributed by atoms with Crippen LogP contribution in [-0.2, 0) is 4.79 Å². The van der Waals surface area contributed by atoms with Gasteiger partial charge in [0.2, 0.25) is 0 Å². The molecule has 2 saturated heterocycles. The second kappa shape index (κ2) is 12.3. The van der Waals surface area contributed by atoms with Crippen molar-refractivity contribution < 1.29 is 19.4 Å². The molecule has 0 aromatic heterocycles. The Labute approximate surface area is 226 Å². The third-order valence-corrected chi connectivity index (χ3v) is 9.22. The number of likely N-dealkylation sites (tertiary alicyclic amines) is 2. The standard InChI is InChI=1S/C32H43FN2O3/c1-22-3-2-4-26(17-22)29-21-35(30(32(37)38)18-24-5-6-24)20-27(29)19-34-15-13-23(14-16-34)7-12-31(36)25-8-10-28(33)11-9-25/h2-4,8-11,17,23-24,27,29-31,36H,5-7,12-16,18-21H2,1H3,(H,37,38). The Hall–Kier alpha value is -2.28. The van der Waals surface area contributed by atoms with Crippen LogP contribution in [0.3, 0.4) is 0 Å². The van der Waals surface area contributed by atoms with Crippen LogP contribution in [0.15, 0.2) is 48.5 Å². The van der Waals surface area contributed by atoms with E-state index in [0.717, 1.165) is 64.0 Å². The van der Waals surface area contributed by atoms with Gasteiger partial charge in [0.15, 0.2) is 0 Å². The zero-order valence-corrected chi connectivity index (χ0v) is 22.6. The number of rotatable bonds is 11. The molecule has 4 atom stereocenters. The van der Waals surface area contributed by atoms with Crippen LogP contribution in [0.5, 0.6) is 0 Å². The Morgan fingerprint density at radius 2 is 1.76 bits per heavy atom. The molecule has 0 amide bonds. The van der Waals surface area contributed by atoms with Crippen LogP contribution in [0.4, 0.5) is 4.39 Å². The molecule has 2 aromatic carbocycles. The molecule has 2 N–H and O–H groups in total. The lowest BCUT2D eigenvalue weighted by Gasteiger charge is -2.35. The molecule has 0 bridgehead atoms. The number of aliphatic carboxylic acids is 1. The fourth-order valence-corrected chi connectivity index (χ4v) is 6.73. The van der Waals surface area contributed by atoms with Crippen LogP contribution < -0.4 is 0 Å². The first-order chi connectivity index (χ1) is 18.4. The van der Waals surface area contributed by atoms with Crippen LogP contribution in [0.1, 0.15) is 73.7 Å². The summed E-state index contributed by atoms with van der Waals surface area (Å²) in [5.74, 6) is 1.04. The number of aliphatic hydroxyl groups excluding tert-OH is 1. The predicted octanol–water partition coefficient (Wildman–Crippen LogP) is 5.63. The van der Waals surface area contributed by atoms with Gasteiger partial charge in [-0.15, -0.1) is 0 Å². The second-order valence-corrected chi connectivity index (χ2v) is 12.2. The zero-order chi connectivity index (χ0) is 26.6. The highest BCUT2D eigenvalue weighted by atomic mass is 19.1. The fraction of sp³-hybridized carbons (Fsp3) is 0.594. The van der Waals surface area contributed by atoms with Gasteiger partial charge < -0.3 is 15.1 Å². The molecule has 3 fully saturated rings. The predicted molar refractivity (Wildman–Crippen MR) is 148 cm³/mol. The van der Waals surface area contributed by atoms with Gasteiger partial charge in [0.1, 0.15) is 11.9 Å². The van der Waals surface area contributed by atoms with Crippen molar-refractivity contribution in [2.24, 2.45) is 17.8 Å². The highest BCUT2D eigenvalue weighted by Gasteiger charge is 2.42. The number of halogens is 1. The van der Waals surface area contributed by atoms with E-state index < -0.39 is 12.1 Å². The summed E-state index contributed by atoms with van der Waals surface area (Å²) >= 11 is 0. The highest BCUT2D eigenvalue weighted by molar-refractivity contribution is 5.73. The Morgan fingerprint density at radius 1 is 1.03 bits per heavy atom. The smallest absolute Gasteiger partial charge is 0.320 e. The molecule has 4 unspecified atom stereocenters. The van der Waals surface area contributed by atoms with Crippen molar-refractivity contribution in [1.82, 2.24) is 9.80 Å². The molecule has 2 aliphatic heterocycles. The minimum atomic E-state index is -0.663. The number of carboxylic acids is 1. The van der Waals surface area contributed by atoms with Gasteiger partial charge in [0, 0.05) is 25.6 Å². The van der Waals surface area contributed by atoms with Gasteiger partial charge in [0.25, 0.3) is 0 Å². The molecule has 3 aliphatic rings. The molecule has 5 rings (SSSR count). The molecule has 0 radical (unpaired) electrons. The normalized spacial score (nSPS) is 24.9. The fourth-order valence-electron chi connectivity index (χ4n) is 6.73. The summed E-state index contributed by atoms with van der Waals surface area (Å²) in [6, 6.07) is 14.6. The monoisotopic (exact) mass is 522 g/mol. The van der Waals surface area contributed by atoms with Crippen molar-refractivity contribution >= 4 is 5.97 Å². The number of benzene rings is 2. The summed E-state index contributed by atoms with van der Waals surface area (Å²) in [4.78, 5) is 17.1. The van der Waals surface area contributed by atoms with E-state index in [2.05, 4.69) is 41.0 Å². The largest absolute Gasteiger partial charge is 0.480 e. The molecule has 2 aromatic rings. The van der Waals surface area contributed by atoms with Gasteiger partial charge in [-0.25, -0.2) is 4.39 Å². The maximum atomic E-state index is 13.2. The average molecular weight is 523 g/mol. The lowest BCUT2D eigenvalue weighted by molar-refractivity contribution is -0.143. The Kier molecular flexibility index (Phi) is 8.81. The zero-order valence-electron chi connectivity index (χ0n) is 22.6. The Balaban J connectivity index is 1.17. The quantitative estimate of drug-likeness (QED) is 0.401. The van der Waals surface area contributed by atoms with Gasteiger partial charge in [-0.1, -0.05) is 54.8 Å². The van der Waals surface area contributed by atoms with Crippen molar-refractivity contribution in [1.29, 1.82) is 0 Å². The van der Waals surface area contributed by atoms with Crippen LogP contribution in [0.25, 0.3) is 0 Å². The summed E-state index contributed by atoms with van der Waals surface area (Å²) in [6.45, 7) is 6.94. The van der Waals surface area contributed by atoms with Gasteiger partial charge in [-0.05, 0) is 93.1 Å². The first-order valence-electron chi connectivity index (χ1n) is 14.5.